The van der Waals surface area contributed by atoms with Gasteiger partial charge in [-0.25, -0.2) is 0 Å². The van der Waals surface area contributed by atoms with Crippen molar-refractivity contribution in [3.8, 4) is 11.5 Å². The number of nitrogens with zero attached hydrogens (tertiary/aromatic N) is 1. The molecule has 0 radical (unpaired) electrons. The summed E-state index contributed by atoms with van der Waals surface area (Å²) in [5.74, 6) is 0.634. The molecule has 30 heavy (non-hydrogen) atoms. The van der Waals surface area contributed by atoms with Crippen LogP contribution in [0.1, 0.15) is 33.2 Å². The highest BCUT2D eigenvalue weighted by Crippen LogP contribution is 2.32. The van der Waals surface area contributed by atoms with Crippen molar-refractivity contribution in [3.05, 3.63) is 99.5 Å². The Morgan fingerprint density at radius 2 is 1.57 bits per heavy atom. The number of hydrogen-bond donors (Lipinski definition) is 0. The highest BCUT2D eigenvalue weighted by Gasteiger charge is 2.34. The van der Waals surface area contributed by atoms with Gasteiger partial charge in [0.1, 0.15) is 11.5 Å². The van der Waals surface area contributed by atoms with E-state index in [-0.39, 0.29) is 18.4 Å². The third-order valence-electron chi connectivity index (χ3n) is 4.89. The van der Waals surface area contributed by atoms with Crippen molar-refractivity contribution in [1.29, 1.82) is 0 Å². The van der Waals surface area contributed by atoms with Gasteiger partial charge in [-0.3, -0.25) is 14.5 Å². The number of allylic oxidation sites excluding steroid dienone is 1. The highest BCUT2D eigenvalue weighted by molar-refractivity contribution is 6.35. The molecule has 0 aliphatic carbocycles. The van der Waals surface area contributed by atoms with Gasteiger partial charge in [-0.05, 0) is 60.5 Å². The normalized spacial score (nSPS) is 13.6. The first-order valence-corrected chi connectivity index (χ1v) is 10.0. The number of halogens is 2. The van der Waals surface area contributed by atoms with Crippen LogP contribution in [-0.4, -0.2) is 23.3 Å². The maximum atomic E-state index is 12.5. The molecule has 0 aromatic heterocycles. The number of benzene rings is 3. The number of carbonyl (C=O) groups is 2. The van der Waals surface area contributed by atoms with Gasteiger partial charge in [0.2, 0.25) is 0 Å². The molecular weight excluding hydrogens is 421 g/mol. The van der Waals surface area contributed by atoms with Gasteiger partial charge in [-0.1, -0.05) is 53.5 Å². The molecule has 6 heteroatoms. The quantitative estimate of drug-likeness (QED) is 0.428. The molecule has 0 N–H and O–H groups in total. The highest BCUT2D eigenvalue weighted by atomic mass is 35.5. The molecule has 1 aliphatic rings. The summed E-state index contributed by atoms with van der Waals surface area (Å²) in [7, 11) is 0. The van der Waals surface area contributed by atoms with Crippen LogP contribution in [0, 0.1) is 0 Å². The zero-order valence-electron chi connectivity index (χ0n) is 16.1. The van der Waals surface area contributed by atoms with E-state index in [1.807, 2.05) is 37.3 Å². The van der Waals surface area contributed by atoms with Crippen molar-refractivity contribution in [2.45, 2.75) is 6.92 Å². The largest absolute Gasteiger partial charge is 0.456 e. The van der Waals surface area contributed by atoms with Crippen LogP contribution in [-0.2, 0) is 0 Å². The molecule has 0 unspecified atom stereocenters. The van der Waals surface area contributed by atoms with Crippen LogP contribution in [0.25, 0.3) is 5.57 Å². The Bertz CT molecular complexity index is 1130. The standard InChI is InChI=1S/C24H17Cl2NO3/c1-15(12-13-27-23(28)19-4-2-3-5-20(19)24(27)29)16-6-9-18(10-7-16)30-22-11-8-17(25)14-21(22)26/h2-12,14H,13H2,1H3/b15-12-. The second-order valence-electron chi connectivity index (χ2n) is 6.85. The Morgan fingerprint density at radius 1 is 0.933 bits per heavy atom. The first-order chi connectivity index (χ1) is 14.4. The SMILES string of the molecule is C/C(=C/CN1C(=O)c2ccccc2C1=O)c1ccc(Oc2ccc(Cl)cc2Cl)cc1. The van der Waals surface area contributed by atoms with Crippen LogP contribution in [0.5, 0.6) is 11.5 Å². The average Bonchev–Trinajstić information content (AvgIpc) is 2.99. The lowest BCUT2D eigenvalue weighted by Crippen LogP contribution is -2.29. The third-order valence-corrected chi connectivity index (χ3v) is 5.42. The molecule has 4 nitrogen and oxygen atoms in total. The fourth-order valence-corrected chi connectivity index (χ4v) is 3.67. The minimum Gasteiger partial charge on any atom is -0.456 e. The van der Waals surface area contributed by atoms with E-state index in [0.717, 1.165) is 11.1 Å². The summed E-state index contributed by atoms with van der Waals surface area (Å²) in [4.78, 5) is 26.2. The van der Waals surface area contributed by atoms with Gasteiger partial charge in [0.05, 0.1) is 16.1 Å². The van der Waals surface area contributed by atoms with E-state index in [0.29, 0.717) is 32.7 Å². The summed E-state index contributed by atoms with van der Waals surface area (Å²) in [5.41, 5.74) is 2.82. The summed E-state index contributed by atoms with van der Waals surface area (Å²) in [5, 5.41) is 0.977. The molecule has 0 atom stereocenters. The van der Waals surface area contributed by atoms with E-state index in [9.17, 15) is 9.59 Å². The molecule has 1 heterocycles. The predicted octanol–water partition coefficient (Wildman–Crippen LogP) is 6.49. The molecule has 3 aromatic rings. The van der Waals surface area contributed by atoms with Gasteiger partial charge in [0, 0.05) is 11.6 Å². The Balaban J connectivity index is 1.45. The molecule has 4 rings (SSSR count). The van der Waals surface area contributed by atoms with Crippen LogP contribution in [0.2, 0.25) is 10.0 Å². The molecular formula is C24H17Cl2NO3. The van der Waals surface area contributed by atoms with Crippen molar-refractivity contribution < 1.29 is 14.3 Å². The number of amides is 2. The van der Waals surface area contributed by atoms with E-state index in [4.69, 9.17) is 27.9 Å². The van der Waals surface area contributed by atoms with Gasteiger partial charge in [0.15, 0.2) is 0 Å². The smallest absolute Gasteiger partial charge is 0.261 e. The zero-order chi connectivity index (χ0) is 21.3. The van der Waals surface area contributed by atoms with Crippen molar-refractivity contribution in [1.82, 2.24) is 4.90 Å². The van der Waals surface area contributed by atoms with Gasteiger partial charge in [0.25, 0.3) is 11.8 Å². The fraction of sp³-hybridized carbons (Fsp3) is 0.0833. The first kappa shape index (κ1) is 20.2. The topological polar surface area (TPSA) is 46.6 Å². The van der Waals surface area contributed by atoms with Crippen molar-refractivity contribution >= 4 is 40.6 Å². The number of fused-ring (bicyclic) bond motifs is 1. The fourth-order valence-electron chi connectivity index (χ4n) is 3.22. The number of carbonyl (C=O) groups excluding carboxylic acids is 2. The van der Waals surface area contributed by atoms with Crippen LogP contribution in [0.4, 0.5) is 0 Å². The minimum absolute atomic E-state index is 0.219. The number of rotatable bonds is 5. The maximum Gasteiger partial charge on any atom is 0.261 e. The van der Waals surface area contributed by atoms with Gasteiger partial charge >= 0.3 is 0 Å². The second kappa shape index (κ2) is 8.34. The number of hydrogen-bond acceptors (Lipinski definition) is 3. The Labute approximate surface area is 184 Å². The van der Waals surface area contributed by atoms with Gasteiger partial charge < -0.3 is 4.74 Å². The van der Waals surface area contributed by atoms with E-state index in [2.05, 4.69) is 0 Å². The third kappa shape index (κ3) is 3.97. The van der Waals surface area contributed by atoms with E-state index >= 15 is 0 Å². The lowest BCUT2D eigenvalue weighted by molar-refractivity contribution is 0.0672. The summed E-state index contributed by atoms with van der Waals surface area (Å²) in [6, 6.07) is 19.4. The molecule has 0 fully saturated rings. The predicted molar refractivity (Wildman–Crippen MR) is 118 cm³/mol. The molecule has 2 amide bonds. The Morgan fingerprint density at radius 3 is 2.17 bits per heavy atom. The number of imide groups is 1. The zero-order valence-corrected chi connectivity index (χ0v) is 17.6. The lowest BCUT2D eigenvalue weighted by Gasteiger charge is -2.12. The van der Waals surface area contributed by atoms with Crippen LogP contribution < -0.4 is 4.74 Å². The molecule has 0 saturated carbocycles. The monoisotopic (exact) mass is 437 g/mol. The van der Waals surface area contributed by atoms with E-state index < -0.39 is 0 Å². The Hall–Kier alpha value is -3.08. The van der Waals surface area contributed by atoms with Gasteiger partial charge in [-0.15, -0.1) is 0 Å². The molecule has 0 bridgehead atoms. The lowest BCUT2D eigenvalue weighted by atomic mass is 10.1. The van der Waals surface area contributed by atoms with E-state index in [1.54, 1.807) is 42.5 Å². The van der Waals surface area contributed by atoms with Crippen molar-refractivity contribution in [2.75, 3.05) is 6.54 Å². The van der Waals surface area contributed by atoms with Crippen LogP contribution >= 0.6 is 23.2 Å². The minimum atomic E-state index is -0.261. The van der Waals surface area contributed by atoms with Gasteiger partial charge in [-0.2, -0.15) is 0 Å². The molecule has 0 saturated heterocycles. The molecule has 150 valence electrons. The molecule has 1 aliphatic heterocycles. The Kier molecular flexibility index (Phi) is 5.62. The molecule has 0 spiro atoms. The second-order valence-corrected chi connectivity index (χ2v) is 7.70. The van der Waals surface area contributed by atoms with Crippen molar-refractivity contribution in [2.24, 2.45) is 0 Å². The summed E-state index contributed by atoms with van der Waals surface area (Å²) < 4.78 is 5.80. The van der Waals surface area contributed by atoms with Crippen LogP contribution in [0.3, 0.4) is 0 Å². The van der Waals surface area contributed by atoms with E-state index in [1.165, 1.54) is 4.90 Å². The van der Waals surface area contributed by atoms with Crippen molar-refractivity contribution in [3.63, 3.8) is 0 Å². The summed E-state index contributed by atoms with van der Waals surface area (Å²) >= 11 is 12.0. The summed E-state index contributed by atoms with van der Waals surface area (Å²) in [6.07, 6.45) is 1.87. The maximum absolute atomic E-state index is 12.5. The number of ether oxygens (including phenoxy) is 1. The average molecular weight is 438 g/mol. The van der Waals surface area contributed by atoms with Crippen LogP contribution in [0.15, 0.2) is 72.8 Å². The first-order valence-electron chi connectivity index (χ1n) is 9.29. The summed E-state index contributed by atoms with van der Waals surface area (Å²) in [6.45, 7) is 2.15. The molecule has 3 aromatic carbocycles.